The highest BCUT2D eigenvalue weighted by molar-refractivity contribution is 7.89. The Kier molecular flexibility index (Phi) is 5.30. The van der Waals surface area contributed by atoms with Gasteiger partial charge in [-0.25, -0.2) is 8.42 Å². The first-order chi connectivity index (χ1) is 12.9. The van der Waals surface area contributed by atoms with E-state index in [0.29, 0.717) is 37.0 Å². The number of nitrogens with zero attached hydrogens (tertiary/aromatic N) is 1. The molecule has 4 rings (SSSR count). The molecule has 1 amide bonds. The summed E-state index contributed by atoms with van der Waals surface area (Å²) in [5.41, 5.74) is 1.52. The Hall–Kier alpha value is -1.40. The summed E-state index contributed by atoms with van der Waals surface area (Å²) >= 11 is 0. The normalized spacial score (nSPS) is 28.4. The number of nitrogens with one attached hydrogen (secondary N) is 1. The maximum atomic E-state index is 12.9. The second-order valence-electron chi connectivity index (χ2n) is 8.63. The molecule has 27 heavy (non-hydrogen) atoms. The molecule has 5 nitrogen and oxygen atoms in total. The summed E-state index contributed by atoms with van der Waals surface area (Å²) in [6, 6.07) is 5.09. The van der Waals surface area contributed by atoms with E-state index in [4.69, 9.17) is 0 Å². The number of carbonyl (C=O) groups is 1. The zero-order valence-corrected chi connectivity index (χ0v) is 16.9. The fourth-order valence-corrected chi connectivity index (χ4v) is 6.76. The van der Waals surface area contributed by atoms with Gasteiger partial charge in [0.1, 0.15) is 0 Å². The minimum atomic E-state index is -3.48. The van der Waals surface area contributed by atoms with Gasteiger partial charge in [0.05, 0.1) is 4.90 Å². The zero-order valence-electron chi connectivity index (χ0n) is 16.1. The lowest BCUT2D eigenvalue weighted by Gasteiger charge is -2.26. The number of aryl methyl sites for hydroxylation is 1. The number of hydrogen-bond acceptors (Lipinski definition) is 3. The van der Waals surface area contributed by atoms with Crippen LogP contribution in [0.1, 0.15) is 56.9 Å². The van der Waals surface area contributed by atoms with Crippen molar-refractivity contribution in [1.82, 2.24) is 4.31 Å². The summed E-state index contributed by atoms with van der Waals surface area (Å²) in [6.45, 7) is 3.08. The molecule has 1 aromatic rings. The van der Waals surface area contributed by atoms with Gasteiger partial charge in [-0.3, -0.25) is 4.79 Å². The van der Waals surface area contributed by atoms with E-state index in [1.807, 2.05) is 6.92 Å². The molecule has 2 saturated carbocycles. The van der Waals surface area contributed by atoms with E-state index in [9.17, 15) is 13.2 Å². The van der Waals surface area contributed by atoms with Crippen molar-refractivity contribution in [2.45, 2.75) is 63.2 Å². The van der Waals surface area contributed by atoms with Gasteiger partial charge in [-0.15, -0.1) is 0 Å². The van der Waals surface area contributed by atoms with Crippen LogP contribution in [-0.4, -0.2) is 31.7 Å². The summed E-state index contributed by atoms with van der Waals surface area (Å²) in [5.74, 6) is 2.06. The molecular weight excluding hydrogens is 360 g/mol. The van der Waals surface area contributed by atoms with Crippen molar-refractivity contribution in [3.8, 4) is 0 Å². The smallest absolute Gasteiger partial charge is 0.243 e. The van der Waals surface area contributed by atoms with E-state index in [0.717, 1.165) is 30.7 Å². The second-order valence-corrected chi connectivity index (χ2v) is 10.6. The van der Waals surface area contributed by atoms with Crippen LogP contribution in [0.3, 0.4) is 0 Å². The van der Waals surface area contributed by atoms with Gasteiger partial charge >= 0.3 is 0 Å². The summed E-state index contributed by atoms with van der Waals surface area (Å²) in [6.07, 6.45) is 8.55. The Bertz CT molecular complexity index is 815. The molecule has 6 heteroatoms. The highest BCUT2D eigenvalue weighted by Gasteiger charge is 2.40. The Labute approximate surface area is 162 Å². The molecule has 1 saturated heterocycles. The number of anilines is 1. The first-order valence-electron chi connectivity index (χ1n) is 10.3. The van der Waals surface area contributed by atoms with Crippen molar-refractivity contribution in [2.75, 3.05) is 18.4 Å². The van der Waals surface area contributed by atoms with Crippen molar-refractivity contribution in [2.24, 2.45) is 17.8 Å². The molecule has 1 aliphatic heterocycles. The average molecular weight is 391 g/mol. The van der Waals surface area contributed by atoms with Crippen LogP contribution in [0.4, 0.5) is 5.69 Å². The van der Waals surface area contributed by atoms with Gasteiger partial charge in [-0.2, -0.15) is 4.31 Å². The van der Waals surface area contributed by atoms with Crippen LogP contribution < -0.4 is 5.32 Å². The number of benzene rings is 1. The minimum absolute atomic E-state index is 0.0168. The number of carbonyl (C=O) groups excluding carboxylic acids is 1. The summed E-state index contributed by atoms with van der Waals surface area (Å²) in [7, 11) is -3.48. The van der Waals surface area contributed by atoms with Crippen LogP contribution in [0.25, 0.3) is 0 Å². The van der Waals surface area contributed by atoms with E-state index in [2.05, 4.69) is 5.32 Å². The van der Waals surface area contributed by atoms with Crippen LogP contribution >= 0.6 is 0 Å². The number of rotatable bonds is 5. The van der Waals surface area contributed by atoms with Crippen LogP contribution in [0.5, 0.6) is 0 Å². The number of piperidine rings is 1. The third-order valence-corrected chi connectivity index (χ3v) is 8.66. The number of amides is 1. The molecule has 2 bridgehead atoms. The van der Waals surface area contributed by atoms with E-state index in [1.165, 1.54) is 25.7 Å². The van der Waals surface area contributed by atoms with Crippen molar-refractivity contribution in [3.63, 3.8) is 0 Å². The predicted molar refractivity (Wildman–Crippen MR) is 106 cm³/mol. The first kappa shape index (κ1) is 18.9. The standard InChI is InChI=1S/C21H30N2O3S/c1-15-5-8-19(27(25,26)23-9-3-2-4-10-23)14-20(15)22-21(24)13-18-12-16-6-7-17(18)11-16/h5,8,14,16-18H,2-4,6-7,9-13H2,1H3,(H,22,24). The minimum Gasteiger partial charge on any atom is -0.326 e. The highest BCUT2D eigenvalue weighted by atomic mass is 32.2. The maximum Gasteiger partial charge on any atom is 0.243 e. The summed E-state index contributed by atoms with van der Waals surface area (Å²) in [4.78, 5) is 12.9. The Morgan fingerprint density at radius 3 is 2.59 bits per heavy atom. The SMILES string of the molecule is Cc1ccc(S(=O)(=O)N2CCCCC2)cc1NC(=O)CC1CC2CCC1C2. The van der Waals surface area contributed by atoms with Crippen LogP contribution in [0, 0.1) is 24.7 Å². The third-order valence-electron chi connectivity index (χ3n) is 6.77. The zero-order chi connectivity index (χ0) is 19.0. The monoisotopic (exact) mass is 390 g/mol. The van der Waals surface area contributed by atoms with Gasteiger partial charge in [0.25, 0.3) is 0 Å². The lowest BCUT2D eigenvalue weighted by Crippen LogP contribution is -2.35. The van der Waals surface area contributed by atoms with Crippen LogP contribution in [0.2, 0.25) is 0 Å². The molecule has 1 heterocycles. The average Bonchev–Trinajstić information content (AvgIpc) is 3.27. The highest BCUT2D eigenvalue weighted by Crippen LogP contribution is 2.49. The Morgan fingerprint density at radius 2 is 1.93 bits per heavy atom. The van der Waals surface area contributed by atoms with Crippen molar-refractivity contribution < 1.29 is 13.2 Å². The second kappa shape index (κ2) is 7.55. The number of fused-ring (bicyclic) bond motifs is 2. The molecule has 148 valence electrons. The molecule has 1 N–H and O–H groups in total. The van der Waals surface area contributed by atoms with E-state index in [1.54, 1.807) is 22.5 Å². The molecule has 3 fully saturated rings. The summed E-state index contributed by atoms with van der Waals surface area (Å²) < 4.78 is 27.4. The molecule has 3 atom stereocenters. The number of hydrogen-bond donors (Lipinski definition) is 1. The van der Waals surface area contributed by atoms with Crippen molar-refractivity contribution >= 4 is 21.6 Å². The van der Waals surface area contributed by atoms with Crippen molar-refractivity contribution in [3.05, 3.63) is 23.8 Å². The predicted octanol–water partition coefficient (Wildman–Crippen LogP) is 3.93. The first-order valence-corrected chi connectivity index (χ1v) is 11.8. The largest absolute Gasteiger partial charge is 0.326 e. The maximum absolute atomic E-state index is 12.9. The number of sulfonamides is 1. The molecule has 3 aliphatic rings. The fourth-order valence-electron chi connectivity index (χ4n) is 5.22. The van der Waals surface area contributed by atoms with E-state index in [-0.39, 0.29) is 10.8 Å². The van der Waals surface area contributed by atoms with Gasteiger partial charge in [0.2, 0.25) is 15.9 Å². The molecule has 2 aliphatic carbocycles. The van der Waals surface area contributed by atoms with E-state index >= 15 is 0 Å². The Balaban J connectivity index is 1.46. The molecule has 0 spiro atoms. The van der Waals surface area contributed by atoms with Gasteiger partial charge in [-0.05, 0) is 74.5 Å². The molecule has 3 unspecified atom stereocenters. The van der Waals surface area contributed by atoms with Gasteiger partial charge in [0, 0.05) is 25.2 Å². The van der Waals surface area contributed by atoms with Gasteiger partial charge in [0.15, 0.2) is 0 Å². The van der Waals surface area contributed by atoms with Crippen LogP contribution in [-0.2, 0) is 14.8 Å². The van der Waals surface area contributed by atoms with Crippen molar-refractivity contribution in [1.29, 1.82) is 0 Å². The molecular formula is C21H30N2O3S. The quantitative estimate of drug-likeness (QED) is 0.828. The summed E-state index contributed by atoms with van der Waals surface area (Å²) in [5, 5.41) is 2.99. The van der Waals surface area contributed by atoms with Gasteiger partial charge in [-0.1, -0.05) is 18.9 Å². The lowest BCUT2D eigenvalue weighted by molar-refractivity contribution is -0.117. The van der Waals surface area contributed by atoms with Gasteiger partial charge < -0.3 is 5.32 Å². The topological polar surface area (TPSA) is 66.5 Å². The lowest BCUT2D eigenvalue weighted by atomic mass is 9.86. The molecule has 0 aromatic heterocycles. The van der Waals surface area contributed by atoms with E-state index < -0.39 is 10.0 Å². The van der Waals surface area contributed by atoms with Crippen LogP contribution in [0.15, 0.2) is 23.1 Å². The third kappa shape index (κ3) is 3.92. The molecule has 1 aromatic carbocycles. The fraction of sp³-hybridized carbons (Fsp3) is 0.667. The molecule has 0 radical (unpaired) electrons. The Morgan fingerprint density at radius 1 is 1.15 bits per heavy atom.